The summed E-state index contributed by atoms with van der Waals surface area (Å²) < 4.78 is 0. The molecule has 0 atom stereocenters. The van der Waals surface area contributed by atoms with Crippen molar-refractivity contribution in [3.8, 4) is 0 Å². The number of hydrogen-bond acceptors (Lipinski definition) is 4. The first-order chi connectivity index (χ1) is 10.0. The number of carboxylic acids is 1. The quantitative estimate of drug-likeness (QED) is 0.669. The molecule has 0 saturated heterocycles. The molecule has 1 aromatic heterocycles. The minimum atomic E-state index is -0.933. The summed E-state index contributed by atoms with van der Waals surface area (Å²) in [6.45, 7) is 7.43. The molecule has 0 fully saturated rings. The predicted octanol–water partition coefficient (Wildman–Crippen LogP) is 1.17. The number of anilines is 1. The lowest BCUT2D eigenvalue weighted by Crippen LogP contribution is -2.36. The van der Waals surface area contributed by atoms with Gasteiger partial charge in [0.25, 0.3) is 0 Å². The van der Waals surface area contributed by atoms with Crippen LogP contribution in [-0.2, 0) is 11.2 Å². The number of likely N-dealkylation sites (N-methyl/N-ethyl adjacent to an activating group) is 1. The van der Waals surface area contributed by atoms with Gasteiger partial charge in [0.1, 0.15) is 0 Å². The molecule has 0 unspecified atom stereocenters. The van der Waals surface area contributed by atoms with Crippen molar-refractivity contribution in [1.29, 1.82) is 0 Å². The van der Waals surface area contributed by atoms with Crippen molar-refractivity contribution < 1.29 is 14.7 Å². The van der Waals surface area contributed by atoms with Gasteiger partial charge in [-0.15, -0.1) is 0 Å². The topological polar surface area (TPSA) is 94.6 Å². The number of nitrogens with one attached hydrogen (secondary N) is 2. The Kier molecular flexibility index (Phi) is 7.17. The maximum atomic E-state index is 11.7. The molecule has 0 aliphatic carbocycles. The van der Waals surface area contributed by atoms with Crippen molar-refractivity contribution in [2.75, 3.05) is 31.5 Å². The largest absolute Gasteiger partial charge is 0.481 e. The van der Waals surface area contributed by atoms with Gasteiger partial charge in [0.05, 0.1) is 24.0 Å². The minimum absolute atomic E-state index is 0.129. The van der Waals surface area contributed by atoms with Crippen LogP contribution in [0.5, 0.6) is 0 Å². The molecule has 0 radical (unpaired) electrons. The third-order valence-electron chi connectivity index (χ3n) is 3.02. The third-order valence-corrected chi connectivity index (χ3v) is 3.02. The van der Waals surface area contributed by atoms with Crippen LogP contribution in [0.2, 0.25) is 0 Å². The molecule has 0 bridgehead atoms. The second-order valence-corrected chi connectivity index (χ2v) is 4.52. The Morgan fingerprint density at radius 3 is 2.52 bits per heavy atom. The zero-order valence-electron chi connectivity index (χ0n) is 12.4. The van der Waals surface area contributed by atoms with E-state index in [2.05, 4.69) is 34.4 Å². The van der Waals surface area contributed by atoms with Gasteiger partial charge >= 0.3 is 12.0 Å². The molecule has 3 N–H and O–H groups in total. The van der Waals surface area contributed by atoms with Crippen molar-refractivity contribution in [3.05, 3.63) is 24.0 Å². The van der Waals surface area contributed by atoms with E-state index >= 15 is 0 Å². The molecule has 1 aromatic rings. The van der Waals surface area contributed by atoms with Crippen LogP contribution in [0, 0.1) is 0 Å². The van der Waals surface area contributed by atoms with Crippen LogP contribution in [0.3, 0.4) is 0 Å². The van der Waals surface area contributed by atoms with Gasteiger partial charge in [-0.25, -0.2) is 4.79 Å². The van der Waals surface area contributed by atoms with Crippen LogP contribution >= 0.6 is 0 Å². The van der Waals surface area contributed by atoms with Crippen LogP contribution < -0.4 is 10.6 Å². The number of carboxylic acid groups (broad SMARTS) is 1. The zero-order valence-corrected chi connectivity index (χ0v) is 12.4. The summed E-state index contributed by atoms with van der Waals surface area (Å²) in [5.74, 6) is -0.933. The maximum absolute atomic E-state index is 11.7. The van der Waals surface area contributed by atoms with E-state index < -0.39 is 5.97 Å². The molecule has 7 nitrogen and oxygen atoms in total. The Morgan fingerprint density at radius 2 is 2.00 bits per heavy atom. The lowest BCUT2D eigenvalue weighted by molar-refractivity contribution is -0.136. The van der Waals surface area contributed by atoms with Gasteiger partial charge in [-0.05, 0) is 25.2 Å². The van der Waals surface area contributed by atoms with E-state index in [1.807, 2.05) is 0 Å². The van der Waals surface area contributed by atoms with Crippen LogP contribution in [0.1, 0.15) is 19.5 Å². The standard InChI is InChI=1S/C14H22N4O3/c1-3-18(4-2)8-7-15-14(21)17-12-6-5-11(16-10-12)9-13(19)20/h5-6,10H,3-4,7-9H2,1-2H3,(H,19,20)(H2,15,17,21). The number of carbonyl (C=O) groups is 2. The zero-order chi connectivity index (χ0) is 15.7. The fourth-order valence-electron chi connectivity index (χ4n) is 1.80. The van der Waals surface area contributed by atoms with E-state index in [-0.39, 0.29) is 12.5 Å². The van der Waals surface area contributed by atoms with E-state index in [0.717, 1.165) is 19.6 Å². The van der Waals surface area contributed by atoms with E-state index in [1.165, 1.54) is 6.20 Å². The molecule has 1 rings (SSSR count). The normalized spacial score (nSPS) is 10.4. The highest BCUT2D eigenvalue weighted by Gasteiger charge is 2.05. The highest BCUT2D eigenvalue weighted by Crippen LogP contribution is 2.06. The van der Waals surface area contributed by atoms with Crippen LogP contribution in [-0.4, -0.2) is 53.2 Å². The summed E-state index contributed by atoms with van der Waals surface area (Å²) in [7, 11) is 0. The highest BCUT2D eigenvalue weighted by atomic mass is 16.4. The third kappa shape index (κ3) is 6.71. The maximum Gasteiger partial charge on any atom is 0.319 e. The first kappa shape index (κ1) is 16.9. The molecule has 0 aliphatic heterocycles. The summed E-state index contributed by atoms with van der Waals surface area (Å²) >= 11 is 0. The minimum Gasteiger partial charge on any atom is -0.481 e. The summed E-state index contributed by atoms with van der Waals surface area (Å²) in [5.41, 5.74) is 0.986. The van der Waals surface area contributed by atoms with Gasteiger partial charge in [0.15, 0.2) is 0 Å². The highest BCUT2D eigenvalue weighted by molar-refractivity contribution is 5.89. The molecule has 116 valence electrons. The Morgan fingerprint density at radius 1 is 1.29 bits per heavy atom. The second-order valence-electron chi connectivity index (χ2n) is 4.52. The van der Waals surface area contributed by atoms with E-state index in [0.29, 0.717) is 17.9 Å². The number of carbonyl (C=O) groups excluding carboxylic acids is 1. The molecular weight excluding hydrogens is 272 g/mol. The SMILES string of the molecule is CCN(CC)CCNC(=O)Nc1ccc(CC(=O)O)nc1. The monoisotopic (exact) mass is 294 g/mol. The van der Waals surface area contributed by atoms with E-state index in [4.69, 9.17) is 5.11 Å². The fourth-order valence-corrected chi connectivity index (χ4v) is 1.80. The first-order valence-corrected chi connectivity index (χ1v) is 6.99. The molecule has 2 amide bonds. The molecular formula is C14H22N4O3. The number of aliphatic carboxylic acids is 1. The van der Waals surface area contributed by atoms with Gasteiger partial charge in [-0.1, -0.05) is 13.8 Å². The molecule has 1 heterocycles. The average molecular weight is 294 g/mol. The van der Waals surface area contributed by atoms with Crippen molar-refractivity contribution in [2.24, 2.45) is 0 Å². The van der Waals surface area contributed by atoms with Crippen LogP contribution in [0.4, 0.5) is 10.5 Å². The van der Waals surface area contributed by atoms with Crippen molar-refractivity contribution in [3.63, 3.8) is 0 Å². The van der Waals surface area contributed by atoms with Crippen molar-refractivity contribution in [2.45, 2.75) is 20.3 Å². The Labute approximate surface area is 124 Å². The van der Waals surface area contributed by atoms with Crippen LogP contribution in [0.25, 0.3) is 0 Å². The lowest BCUT2D eigenvalue weighted by Gasteiger charge is -2.18. The first-order valence-electron chi connectivity index (χ1n) is 6.99. The number of nitrogens with zero attached hydrogens (tertiary/aromatic N) is 2. The van der Waals surface area contributed by atoms with Gasteiger partial charge in [0, 0.05) is 13.1 Å². The number of pyridine rings is 1. The smallest absolute Gasteiger partial charge is 0.319 e. The molecule has 0 saturated carbocycles. The summed E-state index contributed by atoms with van der Waals surface area (Å²) in [5, 5.41) is 14.1. The number of aromatic nitrogens is 1. The Bertz CT molecular complexity index is 458. The second kappa shape index (κ2) is 8.91. The van der Waals surface area contributed by atoms with Crippen molar-refractivity contribution >= 4 is 17.7 Å². The average Bonchev–Trinajstić information content (AvgIpc) is 2.45. The van der Waals surface area contributed by atoms with Gasteiger partial charge in [-0.3, -0.25) is 9.78 Å². The number of hydrogen-bond donors (Lipinski definition) is 3. The Balaban J connectivity index is 2.35. The van der Waals surface area contributed by atoms with Gasteiger partial charge in [0.2, 0.25) is 0 Å². The Hall–Kier alpha value is -2.15. The molecule has 7 heteroatoms. The predicted molar refractivity (Wildman–Crippen MR) is 80.4 cm³/mol. The van der Waals surface area contributed by atoms with Crippen molar-refractivity contribution in [1.82, 2.24) is 15.2 Å². The number of amides is 2. The van der Waals surface area contributed by atoms with E-state index in [1.54, 1.807) is 12.1 Å². The lowest BCUT2D eigenvalue weighted by atomic mass is 10.2. The number of rotatable bonds is 8. The van der Waals surface area contributed by atoms with Gasteiger partial charge in [-0.2, -0.15) is 0 Å². The molecule has 0 aromatic carbocycles. The van der Waals surface area contributed by atoms with E-state index in [9.17, 15) is 9.59 Å². The molecule has 0 spiro atoms. The van der Waals surface area contributed by atoms with Gasteiger partial charge < -0.3 is 20.6 Å². The molecule has 21 heavy (non-hydrogen) atoms. The summed E-state index contributed by atoms with van der Waals surface area (Å²) in [4.78, 5) is 28.4. The summed E-state index contributed by atoms with van der Waals surface area (Å²) in [6, 6.07) is 2.92. The summed E-state index contributed by atoms with van der Waals surface area (Å²) in [6.07, 6.45) is 1.32. The van der Waals surface area contributed by atoms with Crippen LogP contribution in [0.15, 0.2) is 18.3 Å². The molecule has 0 aliphatic rings. The fraction of sp³-hybridized carbons (Fsp3) is 0.500. The number of urea groups is 1.